The quantitative estimate of drug-likeness (QED) is 0.842. The first-order chi connectivity index (χ1) is 10.9. The van der Waals surface area contributed by atoms with Crippen LogP contribution >= 0.6 is 0 Å². The summed E-state index contributed by atoms with van der Waals surface area (Å²) in [4.78, 5) is 8.78. The SMILES string of the molecule is CN(CCn1ccnc1)C1CN(c2ccc(C(C)(C)C)nn2)C1. The Bertz CT molecular complexity index is 608. The fourth-order valence-corrected chi connectivity index (χ4v) is 2.69. The van der Waals surface area contributed by atoms with E-state index in [1.54, 1.807) is 0 Å². The van der Waals surface area contributed by atoms with Crippen molar-refractivity contribution in [1.29, 1.82) is 0 Å². The standard InChI is InChI=1S/C17H26N6/c1-17(2,3)15-5-6-16(20-19-15)23-11-14(12-23)21(4)9-10-22-8-7-18-13-22/h5-8,13-14H,9-12H2,1-4H3. The first-order valence-electron chi connectivity index (χ1n) is 8.18. The van der Waals surface area contributed by atoms with Crippen LogP contribution in [0, 0.1) is 0 Å². The Morgan fingerprint density at radius 3 is 2.57 bits per heavy atom. The Labute approximate surface area is 138 Å². The number of rotatable bonds is 5. The molecule has 3 heterocycles. The summed E-state index contributed by atoms with van der Waals surface area (Å²) in [5.41, 5.74) is 1.09. The molecule has 1 saturated heterocycles. The minimum atomic E-state index is 0.0521. The summed E-state index contributed by atoms with van der Waals surface area (Å²) in [6.07, 6.45) is 5.70. The summed E-state index contributed by atoms with van der Waals surface area (Å²) >= 11 is 0. The summed E-state index contributed by atoms with van der Waals surface area (Å²) in [7, 11) is 2.19. The molecule has 0 atom stereocenters. The van der Waals surface area contributed by atoms with Crippen LogP contribution in [0.15, 0.2) is 30.9 Å². The van der Waals surface area contributed by atoms with E-state index in [1.807, 2.05) is 18.7 Å². The second-order valence-electron chi connectivity index (χ2n) is 7.37. The summed E-state index contributed by atoms with van der Waals surface area (Å²) in [5.74, 6) is 0.984. The molecule has 0 saturated carbocycles. The molecular weight excluding hydrogens is 288 g/mol. The van der Waals surface area contributed by atoms with Gasteiger partial charge in [0.1, 0.15) is 0 Å². The molecule has 1 fully saturated rings. The van der Waals surface area contributed by atoms with E-state index < -0.39 is 0 Å². The fraction of sp³-hybridized carbons (Fsp3) is 0.588. The van der Waals surface area contributed by atoms with Crippen LogP contribution < -0.4 is 4.90 Å². The van der Waals surface area contributed by atoms with Crippen molar-refractivity contribution in [2.75, 3.05) is 31.6 Å². The van der Waals surface area contributed by atoms with Crippen LogP contribution in [0.2, 0.25) is 0 Å². The first kappa shape index (κ1) is 15.9. The second kappa shape index (κ2) is 6.28. The summed E-state index contributed by atoms with van der Waals surface area (Å²) < 4.78 is 2.11. The van der Waals surface area contributed by atoms with Crippen molar-refractivity contribution in [2.45, 2.75) is 38.8 Å². The van der Waals surface area contributed by atoms with Gasteiger partial charge in [-0.1, -0.05) is 20.8 Å². The third-order valence-corrected chi connectivity index (χ3v) is 4.50. The number of hydrogen-bond donors (Lipinski definition) is 0. The van der Waals surface area contributed by atoms with Gasteiger partial charge in [0.05, 0.1) is 12.0 Å². The average molecular weight is 314 g/mol. The van der Waals surface area contributed by atoms with E-state index in [-0.39, 0.29) is 5.41 Å². The highest BCUT2D eigenvalue weighted by Gasteiger charge is 2.31. The van der Waals surface area contributed by atoms with E-state index in [4.69, 9.17) is 0 Å². The Hall–Kier alpha value is -1.95. The van der Waals surface area contributed by atoms with Crippen molar-refractivity contribution < 1.29 is 0 Å². The van der Waals surface area contributed by atoms with E-state index in [0.29, 0.717) is 6.04 Å². The summed E-state index contributed by atoms with van der Waals surface area (Å²) in [6.45, 7) is 10.5. The fourth-order valence-electron chi connectivity index (χ4n) is 2.69. The van der Waals surface area contributed by atoms with Gasteiger partial charge in [0, 0.05) is 50.0 Å². The molecule has 23 heavy (non-hydrogen) atoms. The highest BCUT2D eigenvalue weighted by atomic mass is 15.4. The van der Waals surface area contributed by atoms with Gasteiger partial charge in [0.15, 0.2) is 5.82 Å². The zero-order valence-electron chi connectivity index (χ0n) is 14.5. The van der Waals surface area contributed by atoms with Crippen LogP contribution in [-0.4, -0.2) is 57.4 Å². The third kappa shape index (κ3) is 3.69. The Kier molecular flexibility index (Phi) is 4.35. The Balaban J connectivity index is 1.48. The lowest BCUT2D eigenvalue weighted by atomic mass is 9.92. The van der Waals surface area contributed by atoms with Crippen LogP contribution in [0.5, 0.6) is 0 Å². The number of likely N-dealkylation sites (N-methyl/N-ethyl adjacent to an activating group) is 1. The lowest BCUT2D eigenvalue weighted by Crippen LogP contribution is -2.59. The van der Waals surface area contributed by atoms with Gasteiger partial charge in [-0.2, -0.15) is 5.10 Å². The normalized spacial score (nSPS) is 16.0. The zero-order chi connectivity index (χ0) is 16.4. The van der Waals surface area contributed by atoms with Crippen molar-refractivity contribution in [3.8, 4) is 0 Å². The van der Waals surface area contributed by atoms with Gasteiger partial charge in [-0.25, -0.2) is 4.98 Å². The lowest BCUT2D eigenvalue weighted by molar-refractivity contribution is 0.197. The van der Waals surface area contributed by atoms with Crippen molar-refractivity contribution in [2.24, 2.45) is 0 Å². The van der Waals surface area contributed by atoms with Crippen molar-refractivity contribution in [3.63, 3.8) is 0 Å². The molecular formula is C17H26N6. The van der Waals surface area contributed by atoms with Crippen LogP contribution in [0.3, 0.4) is 0 Å². The topological polar surface area (TPSA) is 50.1 Å². The smallest absolute Gasteiger partial charge is 0.151 e. The number of anilines is 1. The molecule has 6 heteroatoms. The molecule has 1 aliphatic rings. The van der Waals surface area contributed by atoms with Crippen LogP contribution in [0.25, 0.3) is 0 Å². The third-order valence-electron chi connectivity index (χ3n) is 4.50. The van der Waals surface area contributed by atoms with E-state index in [0.717, 1.165) is 37.7 Å². The number of nitrogens with zero attached hydrogens (tertiary/aromatic N) is 6. The maximum atomic E-state index is 4.39. The molecule has 3 rings (SSSR count). The lowest BCUT2D eigenvalue weighted by Gasteiger charge is -2.44. The first-order valence-corrected chi connectivity index (χ1v) is 8.18. The molecule has 124 valence electrons. The molecule has 0 amide bonds. The number of hydrogen-bond acceptors (Lipinski definition) is 5. The molecule has 0 aliphatic carbocycles. The van der Waals surface area contributed by atoms with Gasteiger partial charge in [-0.15, -0.1) is 5.10 Å². The highest BCUT2D eigenvalue weighted by molar-refractivity contribution is 5.42. The predicted molar refractivity (Wildman–Crippen MR) is 91.6 cm³/mol. The molecule has 2 aromatic heterocycles. The van der Waals surface area contributed by atoms with Gasteiger partial charge >= 0.3 is 0 Å². The predicted octanol–water partition coefficient (Wildman–Crippen LogP) is 1.79. The Morgan fingerprint density at radius 2 is 2.00 bits per heavy atom. The molecule has 0 spiro atoms. The van der Waals surface area contributed by atoms with E-state index in [2.05, 4.69) is 69.5 Å². The van der Waals surface area contributed by atoms with Gasteiger partial charge < -0.3 is 9.47 Å². The molecule has 1 aliphatic heterocycles. The van der Waals surface area contributed by atoms with Gasteiger partial charge in [-0.05, 0) is 19.2 Å². The molecule has 2 aromatic rings. The maximum Gasteiger partial charge on any atom is 0.151 e. The minimum Gasteiger partial charge on any atom is -0.352 e. The van der Waals surface area contributed by atoms with Crippen LogP contribution in [0.1, 0.15) is 26.5 Å². The minimum absolute atomic E-state index is 0.0521. The van der Waals surface area contributed by atoms with Crippen molar-refractivity contribution in [1.82, 2.24) is 24.6 Å². The van der Waals surface area contributed by atoms with Gasteiger partial charge in [0.25, 0.3) is 0 Å². The molecule has 0 aromatic carbocycles. The average Bonchev–Trinajstić information content (AvgIpc) is 2.96. The zero-order valence-corrected chi connectivity index (χ0v) is 14.5. The number of imidazole rings is 1. The molecule has 6 nitrogen and oxygen atoms in total. The van der Waals surface area contributed by atoms with Crippen LogP contribution in [0.4, 0.5) is 5.82 Å². The molecule has 0 unspecified atom stereocenters. The molecule has 0 bridgehead atoms. The highest BCUT2D eigenvalue weighted by Crippen LogP contribution is 2.24. The van der Waals surface area contributed by atoms with Gasteiger partial charge in [0.2, 0.25) is 0 Å². The van der Waals surface area contributed by atoms with E-state index in [1.165, 1.54) is 0 Å². The van der Waals surface area contributed by atoms with Crippen molar-refractivity contribution in [3.05, 3.63) is 36.5 Å². The number of aromatic nitrogens is 4. The monoisotopic (exact) mass is 314 g/mol. The Morgan fingerprint density at radius 1 is 1.22 bits per heavy atom. The second-order valence-corrected chi connectivity index (χ2v) is 7.37. The molecule has 0 radical (unpaired) electrons. The van der Waals surface area contributed by atoms with E-state index in [9.17, 15) is 0 Å². The maximum absolute atomic E-state index is 4.39. The summed E-state index contributed by atoms with van der Waals surface area (Å²) in [5, 5.41) is 8.77. The largest absolute Gasteiger partial charge is 0.352 e. The van der Waals surface area contributed by atoms with Crippen molar-refractivity contribution >= 4 is 5.82 Å². The van der Waals surface area contributed by atoms with E-state index >= 15 is 0 Å². The van der Waals surface area contributed by atoms with Crippen LogP contribution in [-0.2, 0) is 12.0 Å². The molecule has 0 N–H and O–H groups in total. The van der Waals surface area contributed by atoms with Gasteiger partial charge in [-0.3, -0.25) is 4.90 Å². The summed E-state index contributed by atoms with van der Waals surface area (Å²) in [6, 6.07) is 4.77.